The number of aryl methyl sites for hydroxylation is 1. The molecule has 0 spiro atoms. The Morgan fingerprint density at radius 1 is 1.25 bits per heavy atom. The molecule has 1 aliphatic carbocycles. The Hall–Kier alpha value is -2.03. The van der Waals surface area contributed by atoms with Crippen molar-refractivity contribution in [2.24, 2.45) is 5.73 Å². The normalized spacial score (nSPS) is 14.4. The topological polar surface area (TPSA) is 55.1 Å². The number of allylic oxidation sites excluding steroid dienone is 3. The summed E-state index contributed by atoms with van der Waals surface area (Å²) in [7, 11) is 0. The van der Waals surface area contributed by atoms with Gasteiger partial charge in [0.1, 0.15) is 0 Å². The summed E-state index contributed by atoms with van der Waals surface area (Å²) in [6, 6.07) is 10.3. The monoisotopic (exact) mass is 272 g/mol. The van der Waals surface area contributed by atoms with Crippen molar-refractivity contribution in [2.75, 3.05) is 6.54 Å². The number of benzene rings is 1. The fraction of sp³-hybridized carbons (Fsp3) is 0.353. The van der Waals surface area contributed by atoms with Crippen LogP contribution in [0.15, 0.2) is 53.8 Å². The van der Waals surface area contributed by atoms with E-state index in [4.69, 9.17) is 5.73 Å². The van der Waals surface area contributed by atoms with Gasteiger partial charge in [0.05, 0.1) is 6.54 Å². The number of primary amides is 1. The van der Waals surface area contributed by atoms with Gasteiger partial charge in [-0.25, -0.2) is 0 Å². The molecule has 2 rings (SSSR count). The van der Waals surface area contributed by atoms with Crippen molar-refractivity contribution in [1.29, 1.82) is 0 Å². The van der Waals surface area contributed by atoms with E-state index in [-0.39, 0.29) is 12.5 Å². The Bertz CT molecular complexity index is 489. The molecule has 0 aromatic heterocycles. The first-order valence-electron chi connectivity index (χ1n) is 6.92. The van der Waals surface area contributed by atoms with Crippen LogP contribution in [0.3, 0.4) is 0 Å². The second-order valence-corrected chi connectivity index (χ2v) is 5.04. The third-order valence-corrected chi connectivity index (χ3v) is 3.30. The Morgan fingerprint density at radius 2 is 1.90 bits per heavy atom. The van der Waals surface area contributed by atoms with Gasteiger partial charge < -0.3 is 11.1 Å². The van der Waals surface area contributed by atoms with Crippen LogP contribution in [0.2, 0.25) is 0 Å². The Morgan fingerprint density at radius 3 is 2.40 bits per heavy atom. The van der Waals surface area contributed by atoms with Crippen molar-refractivity contribution in [3.05, 3.63) is 59.3 Å². The van der Waals surface area contributed by atoms with E-state index in [1.807, 2.05) is 25.1 Å². The zero-order chi connectivity index (χ0) is 15.0. The highest BCUT2D eigenvalue weighted by molar-refractivity contribution is 5.76. The summed E-state index contributed by atoms with van der Waals surface area (Å²) in [6.45, 7) is 8.30. The Balaban J connectivity index is 0.000000240. The fourth-order valence-corrected chi connectivity index (χ4v) is 2.02. The largest absolute Gasteiger partial charge is 0.379 e. The lowest BCUT2D eigenvalue weighted by atomic mass is 9.93. The lowest BCUT2D eigenvalue weighted by Gasteiger charge is -2.20. The van der Waals surface area contributed by atoms with Gasteiger partial charge in [0, 0.05) is 5.70 Å². The Labute approximate surface area is 121 Å². The summed E-state index contributed by atoms with van der Waals surface area (Å²) >= 11 is 0. The molecule has 0 saturated heterocycles. The van der Waals surface area contributed by atoms with Crippen LogP contribution < -0.4 is 11.1 Å². The standard InChI is InChI=1S/C10H16N2O.C7H8/c1-7-4-3-5-9(8(7)2)12-6-10(11)13;1-7-5-3-2-4-6-7/h12H,1,3-6H2,2H3,(H2,11,13);2-6H,1H3. The van der Waals surface area contributed by atoms with Gasteiger partial charge in [-0.05, 0) is 38.7 Å². The van der Waals surface area contributed by atoms with E-state index < -0.39 is 0 Å². The van der Waals surface area contributed by atoms with E-state index in [9.17, 15) is 4.79 Å². The molecule has 20 heavy (non-hydrogen) atoms. The lowest BCUT2D eigenvalue weighted by Crippen LogP contribution is -2.29. The molecule has 0 saturated carbocycles. The highest BCUT2D eigenvalue weighted by atomic mass is 16.1. The average molecular weight is 272 g/mol. The van der Waals surface area contributed by atoms with Crippen LogP contribution in [-0.2, 0) is 4.79 Å². The molecule has 1 aromatic rings. The van der Waals surface area contributed by atoms with Gasteiger partial charge in [-0.1, -0.05) is 48.0 Å². The minimum absolute atomic E-state index is 0.222. The number of carbonyl (C=O) groups excluding carboxylic acids is 1. The van der Waals surface area contributed by atoms with Crippen molar-refractivity contribution in [3.63, 3.8) is 0 Å². The third-order valence-electron chi connectivity index (χ3n) is 3.30. The second-order valence-electron chi connectivity index (χ2n) is 5.04. The summed E-state index contributed by atoms with van der Waals surface area (Å²) in [5.74, 6) is -0.323. The molecule has 0 radical (unpaired) electrons. The Kier molecular flexibility index (Phi) is 6.57. The number of rotatable bonds is 3. The van der Waals surface area contributed by atoms with Crippen molar-refractivity contribution < 1.29 is 4.79 Å². The smallest absolute Gasteiger partial charge is 0.236 e. The SMILES string of the molecule is C=C1CCCC(NCC(N)=O)=C1C.Cc1ccccc1. The molecule has 0 fully saturated rings. The minimum atomic E-state index is -0.323. The molecule has 1 aromatic carbocycles. The zero-order valence-electron chi connectivity index (χ0n) is 12.4. The summed E-state index contributed by atoms with van der Waals surface area (Å²) in [4.78, 5) is 10.5. The zero-order valence-corrected chi connectivity index (χ0v) is 12.4. The maximum atomic E-state index is 10.5. The average Bonchev–Trinajstić information content (AvgIpc) is 2.42. The first-order chi connectivity index (χ1) is 9.50. The van der Waals surface area contributed by atoms with Gasteiger partial charge in [-0.2, -0.15) is 0 Å². The number of hydrogen-bond donors (Lipinski definition) is 2. The van der Waals surface area contributed by atoms with Crippen LogP contribution in [0, 0.1) is 6.92 Å². The summed E-state index contributed by atoms with van der Waals surface area (Å²) in [5.41, 5.74) is 9.84. The molecule has 0 atom stereocenters. The van der Waals surface area contributed by atoms with Gasteiger partial charge in [-0.3, -0.25) is 4.79 Å². The maximum Gasteiger partial charge on any atom is 0.236 e. The van der Waals surface area contributed by atoms with Crippen LogP contribution in [0.25, 0.3) is 0 Å². The van der Waals surface area contributed by atoms with Gasteiger partial charge in [-0.15, -0.1) is 0 Å². The highest BCUT2D eigenvalue weighted by Crippen LogP contribution is 2.25. The van der Waals surface area contributed by atoms with Crippen molar-refractivity contribution >= 4 is 5.91 Å². The van der Waals surface area contributed by atoms with E-state index in [2.05, 4.69) is 31.0 Å². The highest BCUT2D eigenvalue weighted by Gasteiger charge is 2.11. The number of amides is 1. The molecule has 0 bridgehead atoms. The maximum absolute atomic E-state index is 10.5. The third kappa shape index (κ3) is 5.74. The van der Waals surface area contributed by atoms with Crippen LogP contribution in [-0.4, -0.2) is 12.5 Å². The van der Waals surface area contributed by atoms with Crippen LogP contribution in [0.1, 0.15) is 31.7 Å². The molecule has 0 aliphatic heterocycles. The molecule has 0 heterocycles. The molecule has 3 nitrogen and oxygen atoms in total. The van der Waals surface area contributed by atoms with E-state index in [0.29, 0.717) is 0 Å². The van der Waals surface area contributed by atoms with Crippen LogP contribution in [0.4, 0.5) is 0 Å². The van der Waals surface area contributed by atoms with E-state index in [0.717, 1.165) is 25.0 Å². The van der Waals surface area contributed by atoms with E-state index in [1.165, 1.54) is 16.7 Å². The van der Waals surface area contributed by atoms with Crippen molar-refractivity contribution in [1.82, 2.24) is 5.32 Å². The predicted molar refractivity (Wildman–Crippen MR) is 84.1 cm³/mol. The van der Waals surface area contributed by atoms with Gasteiger partial charge in [0.25, 0.3) is 0 Å². The van der Waals surface area contributed by atoms with Crippen LogP contribution in [0.5, 0.6) is 0 Å². The van der Waals surface area contributed by atoms with Gasteiger partial charge in [0.15, 0.2) is 0 Å². The van der Waals surface area contributed by atoms with E-state index >= 15 is 0 Å². The number of hydrogen-bond acceptors (Lipinski definition) is 2. The molecule has 108 valence electrons. The fourth-order valence-electron chi connectivity index (χ4n) is 2.02. The summed E-state index contributed by atoms with van der Waals surface area (Å²) < 4.78 is 0. The van der Waals surface area contributed by atoms with Crippen LogP contribution >= 0.6 is 0 Å². The first kappa shape index (κ1) is 16.0. The predicted octanol–water partition coefficient (Wildman–Crippen LogP) is 3.07. The first-order valence-corrected chi connectivity index (χ1v) is 6.92. The molecular weight excluding hydrogens is 248 g/mol. The van der Waals surface area contributed by atoms with Crippen molar-refractivity contribution in [3.8, 4) is 0 Å². The molecule has 3 heteroatoms. The number of nitrogens with one attached hydrogen (secondary N) is 1. The molecule has 0 unspecified atom stereocenters. The molecule has 3 N–H and O–H groups in total. The summed E-state index contributed by atoms with van der Waals surface area (Å²) in [6.07, 6.45) is 3.17. The molecular formula is C17H24N2O. The van der Waals surface area contributed by atoms with E-state index in [1.54, 1.807) is 0 Å². The molecule has 1 aliphatic rings. The van der Waals surface area contributed by atoms with Gasteiger partial charge >= 0.3 is 0 Å². The number of carbonyl (C=O) groups is 1. The summed E-state index contributed by atoms with van der Waals surface area (Å²) in [5, 5.41) is 3.05. The minimum Gasteiger partial charge on any atom is -0.379 e. The quantitative estimate of drug-likeness (QED) is 0.888. The van der Waals surface area contributed by atoms with Crippen molar-refractivity contribution in [2.45, 2.75) is 33.1 Å². The number of nitrogens with two attached hydrogens (primary N) is 1. The van der Waals surface area contributed by atoms with Gasteiger partial charge in [0.2, 0.25) is 5.91 Å². The molecule has 1 amide bonds. The second kappa shape index (κ2) is 8.20. The lowest BCUT2D eigenvalue weighted by molar-refractivity contribution is -0.117.